The number of rotatable bonds is 9. The first-order valence-electron chi connectivity index (χ1n) is 7.38. The van der Waals surface area contributed by atoms with Crippen molar-refractivity contribution in [3.8, 4) is 0 Å². The quantitative estimate of drug-likeness (QED) is 0.762. The lowest BCUT2D eigenvalue weighted by Gasteiger charge is -2.17. The van der Waals surface area contributed by atoms with E-state index in [-0.39, 0.29) is 5.75 Å². The molecule has 4 heteroatoms. The van der Waals surface area contributed by atoms with E-state index in [1.165, 1.54) is 11.1 Å². The first-order valence-corrected chi connectivity index (χ1v) is 9.20. The highest BCUT2D eigenvalue weighted by molar-refractivity contribution is 7.91. The van der Waals surface area contributed by atoms with E-state index >= 15 is 0 Å². The maximum Gasteiger partial charge on any atom is 0.150 e. The van der Waals surface area contributed by atoms with Crippen molar-refractivity contribution in [2.24, 2.45) is 5.92 Å². The molecule has 0 heterocycles. The van der Waals surface area contributed by atoms with Crippen molar-refractivity contribution >= 4 is 9.84 Å². The van der Waals surface area contributed by atoms with E-state index in [1.807, 2.05) is 7.05 Å². The van der Waals surface area contributed by atoms with Crippen molar-refractivity contribution in [2.75, 3.05) is 25.1 Å². The Labute approximate surface area is 123 Å². The summed E-state index contributed by atoms with van der Waals surface area (Å²) < 4.78 is 23.1. The molecule has 20 heavy (non-hydrogen) atoms. The van der Waals surface area contributed by atoms with E-state index in [9.17, 15) is 8.42 Å². The van der Waals surface area contributed by atoms with Gasteiger partial charge in [-0.05, 0) is 56.8 Å². The summed E-state index contributed by atoms with van der Waals surface area (Å²) in [5.41, 5.74) is 2.68. The van der Waals surface area contributed by atoms with E-state index in [4.69, 9.17) is 0 Å². The highest BCUT2D eigenvalue weighted by Crippen LogP contribution is 2.17. The van der Waals surface area contributed by atoms with Crippen LogP contribution in [-0.4, -0.2) is 33.5 Å². The largest absolute Gasteiger partial charge is 0.319 e. The van der Waals surface area contributed by atoms with Crippen molar-refractivity contribution in [1.82, 2.24) is 5.32 Å². The molecule has 0 saturated heterocycles. The van der Waals surface area contributed by atoms with Crippen LogP contribution in [0.2, 0.25) is 0 Å². The Hall–Kier alpha value is -0.870. The summed E-state index contributed by atoms with van der Waals surface area (Å²) in [6.45, 7) is 4.78. The average Bonchev–Trinajstić information content (AvgIpc) is 2.41. The molecule has 0 fully saturated rings. The van der Waals surface area contributed by atoms with Gasteiger partial charge in [-0.1, -0.05) is 31.2 Å². The van der Waals surface area contributed by atoms with Crippen LogP contribution in [-0.2, 0) is 16.3 Å². The molecule has 1 rings (SSSR count). The summed E-state index contributed by atoms with van der Waals surface area (Å²) in [5.74, 6) is 1.06. The van der Waals surface area contributed by atoms with Crippen LogP contribution in [0.5, 0.6) is 0 Å². The Kier molecular flexibility index (Phi) is 7.24. The third-order valence-electron chi connectivity index (χ3n) is 3.77. The molecule has 0 bridgehead atoms. The van der Waals surface area contributed by atoms with Crippen LogP contribution >= 0.6 is 0 Å². The Bertz CT molecular complexity index is 497. The molecule has 0 aliphatic heterocycles. The minimum absolute atomic E-state index is 0.251. The molecule has 1 aromatic carbocycles. The molecule has 0 spiro atoms. The third-order valence-corrected chi connectivity index (χ3v) is 5.56. The van der Waals surface area contributed by atoms with E-state index in [2.05, 4.69) is 36.5 Å². The lowest BCUT2D eigenvalue weighted by atomic mass is 9.93. The van der Waals surface area contributed by atoms with Crippen molar-refractivity contribution in [3.63, 3.8) is 0 Å². The normalized spacial score (nSPS) is 13.3. The predicted octanol–water partition coefficient (Wildman–Crippen LogP) is 2.59. The molecule has 0 aliphatic rings. The van der Waals surface area contributed by atoms with Gasteiger partial charge in [-0.15, -0.1) is 0 Å². The minimum Gasteiger partial charge on any atom is -0.319 e. The fourth-order valence-corrected chi connectivity index (χ4v) is 3.35. The SMILES string of the molecule is CCS(=O)(=O)CCCC(CNC)Cc1ccccc1C. The zero-order chi connectivity index (χ0) is 15.0. The molecule has 114 valence electrons. The van der Waals surface area contributed by atoms with Crippen molar-refractivity contribution in [3.05, 3.63) is 35.4 Å². The zero-order valence-electron chi connectivity index (χ0n) is 12.9. The molecule has 0 amide bonds. The molecular formula is C16H27NO2S. The van der Waals surface area contributed by atoms with Crippen molar-refractivity contribution in [1.29, 1.82) is 0 Å². The second kappa shape index (κ2) is 8.42. The fourth-order valence-electron chi connectivity index (χ4n) is 2.45. The summed E-state index contributed by atoms with van der Waals surface area (Å²) >= 11 is 0. The summed E-state index contributed by atoms with van der Waals surface area (Å²) in [6, 6.07) is 8.42. The number of aryl methyl sites for hydroxylation is 1. The van der Waals surface area contributed by atoms with Gasteiger partial charge in [-0.25, -0.2) is 8.42 Å². The van der Waals surface area contributed by atoms with Crippen LogP contribution in [0.15, 0.2) is 24.3 Å². The summed E-state index contributed by atoms with van der Waals surface area (Å²) in [6.07, 6.45) is 2.72. The molecule has 1 unspecified atom stereocenters. The summed E-state index contributed by atoms with van der Waals surface area (Å²) in [5, 5.41) is 3.22. The van der Waals surface area contributed by atoms with Gasteiger partial charge in [0.05, 0.1) is 5.75 Å². The van der Waals surface area contributed by atoms with Gasteiger partial charge in [-0.2, -0.15) is 0 Å². The molecule has 0 aliphatic carbocycles. The van der Waals surface area contributed by atoms with Crippen LogP contribution in [0.25, 0.3) is 0 Å². The van der Waals surface area contributed by atoms with E-state index in [0.717, 1.165) is 25.8 Å². The fraction of sp³-hybridized carbons (Fsp3) is 0.625. The standard InChI is InChI=1S/C16H27NO2S/c1-4-20(18,19)11-7-9-15(13-17-3)12-16-10-6-5-8-14(16)2/h5-6,8,10,15,17H,4,7,9,11-13H2,1-3H3. The van der Waals surface area contributed by atoms with Crippen LogP contribution in [0.1, 0.15) is 30.9 Å². The molecular weight excluding hydrogens is 270 g/mol. The topological polar surface area (TPSA) is 46.2 Å². The van der Waals surface area contributed by atoms with Gasteiger partial charge < -0.3 is 5.32 Å². The van der Waals surface area contributed by atoms with Crippen LogP contribution in [0, 0.1) is 12.8 Å². The Morgan fingerprint density at radius 3 is 2.55 bits per heavy atom. The molecule has 1 atom stereocenters. The maximum atomic E-state index is 11.5. The van der Waals surface area contributed by atoms with Gasteiger partial charge in [-0.3, -0.25) is 0 Å². The molecule has 0 saturated carbocycles. The molecule has 1 aromatic rings. The highest BCUT2D eigenvalue weighted by Gasteiger charge is 2.13. The van der Waals surface area contributed by atoms with Crippen LogP contribution in [0.3, 0.4) is 0 Å². The maximum absolute atomic E-state index is 11.5. The molecule has 1 N–H and O–H groups in total. The van der Waals surface area contributed by atoms with E-state index in [1.54, 1.807) is 6.92 Å². The van der Waals surface area contributed by atoms with E-state index in [0.29, 0.717) is 11.7 Å². The van der Waals surface area contributed by atoms with Crippen molar-refractivity contribution in [2.45, 2.75) is 33.1 Å². The number of nitrogens with one attached hydrogen (secondary N) is 1. The predicted molar refractivity (Wildman–Crippen MR) is 85.9 cm³/mol. The number of sulfone groups is 1. The third kappa shape index (κ3) is 6.06. The smallest absolute Gasteiger partial charge is 0.150 e. The van der Waals surface area contributed by atoms with E-state index < -0.39 is 9.84 Å². The molecule has 0 aromatic heterocycles. The van der Waals surface area contributed by atoms with Gasteiger partial charge in [0.1, 0.15) is 9.84 Å². The Morgan fingerprint density at radius 1 is 1.25 bits per heavy atom. The molecule has 0 radical (unpaired) electrons. The van der Waals surface area contributed by atoms with Crippen LogP contribution in [0.4, 0.5) is 0 Å². The van der Waals surface area contributed by atoms with Gasteiger partial charge in [0.25, 0.3) is 0 Å². The Balaban J connectivity index is 2.55. The second-order valence-electron chi connectivity index (χ2n) is 5.43. The van der Waals surface area contributed by atoms with Gasteiger partial charge in [0.2, 0.25) is 0 Å². The van der Waals surface area contributed by atoms with Gasteiger partial charge in [0, 0.05) is 5.75 Å². The summed E-state index contributed by atoms with van der Waals surface area (Å²) in [7, 11) is -0.880. The minimum atomic E-state index is -2.83. The number of hydrogen-bond donors (Lipinski definition) is 1. The second-order valence-corrected chi connectivity index (χ2v) is 7.91. The first kappa shape index (κ1) is 17.2. The Morgan fingerprint density at radius 2 is 1.95 bits per heavy atom. The van der Waals surface area contributed by atoms with Crippen molar-refractivity contribution < 1.29 is 8.42 Å². The lowest BCUT2D eigenvalue weighted by Crippen LogP contribution is -2.22. The first-order chi connectivity index (χ1) is 9.48. The number of benzene rings is 1. The number of hydrogen-bond acceptors (Lipinski definition) is 3. The monoisotopic (exact) mass is 297 g/mol. The van der Waals surface area contributed by atoms with Gasteiger partial charge in [0.15, 0.2) is 0 Å². The van der Waals surface area contributed by atoms with Crippen LogP contribution < -0.4 is 5.32 Å². The van der Waals surface area contributed by atoms with Gasteiger partial charge >= 0.3 is 0 Å². The lowest BCUT2D eigenvalue weighted by molar-refractivity contribution is 0.454. The highest BCUT2D eigenvalue weighted by atomic mass is 32.2. The average molecular weight is 297 g/mol. The molecule has 3 nitrogen and oxygen atoms in total. The zero-order valence-corrected chi connectivity index (χ0v) is 13.7. The summed E-state index contributed by atoms with van der Waals surface area (Å²) in [4.78, 5) is 0.